The minimum atomic E-state index is -3.57. The molecular weight excluding hydrogens is 371 g/mol. The molecule has 1 aliphatic rings. The Morgan fingerprint density at radius 1 is 1.11 bits per heavy atom. The van der Waals surface area contributed by atoms with Crippen molar-refractivity contribution < 1.29 is 22.3 Å². The number of benzene rings is 2. The van der Waals surface area contributed by atoms with Gasteiger partial charge in [-0.15, -0.1) is 0 Å². The van der Waals surface area contributed by atoms with Gasteiger partial charge in [-0.2, -0.15) is 0 Å². The van der Waals surface area contributed by atoms with E-state index in [9.17, 15) is 17.6 Å². The standard InChI is InChI=1S/C19H21FN2O4S/c1-27(24,25)19(9-11-21-12-10-19)18(23)22-15-5-7-16(8-6-15)26-17-4-2-3-14(20)13-17/h2-8,13,21H,9-12H2,1H3,(H,22,23). The summed E-state index contributed by atoms with van der Waals surface area (Å²) in [6, 6.07) is 12.2. The van der Waals surface area contributed by atoms with Crippen molar-refractivity contribution in [1.29, 1.82) is 0 Å². The summed E-state index contributed by atoms with van der Waals surface area (Å²) in [6.07, 6.45) is 1.57. The van der Waals surface area contributed by atoms with Gasteiger partial charge in [-0.05, 0) is 62.3 Å². The van der Waals surface area contributed by atoms with Crippen molar-refractivity contribution in [3.63, 3.8) is 0 Å². The summed E-state index contributed by atoms with van der Waals surface area (Å²) in [6.45, 7) is 0.946. The van der Waals surface area contributed by atoms with Crippen molar-refractivity contribution in [3.05, 3.63) is 54.3 Å². The molecule has 2 aromatic rings. The van der Waals surface area contributed by atoms with Gasteiger partial charge in [-0.25, -0.2) is 12.8 Å². The Hall–Kier alpha value is -2.45. The van der Waals surface area contributed by atoms with Gasteiger partial charge in [0.25, 0.3) is 0 Å². The highest BCUT2D eigenvalue weighted by Crippen LogP contribution is 2.30. The Morgan fingerprint density at radius 2 is 1.78 bits per heavy atom. The molecule has 1 saturated heterocycles. The second-order valence-electron chi connectivity index (χ2n) is 6.55. The SMILES string of the molecule is CS(=O)(=O)C1(C(=O)Nc2ccc(Oc3cccc(F)c3)cc2)CCNCC1. The van der Waals surface area contributed by atoms with E-state index < -0.39 is 26.3 Å². The summed E-state index contributed by atoms with van der Waals surface area (Å²) in [4.78, 5) is 12.8. The molecule has 1 fully saturated rings. The maximum atomic E-state index is 13.2. The van der Waals surface area contributed by atoms with Crippen LogP contribution in [0.3, 0.4) is 0 Å². The molecule has 144 valence electrons. The van der Waals surface area contributed by atoms with E-state index in [2.05, 4.69) is 10.6 Å². The van der Waals surface area contributed by atoms with Gasteiger partial charge in [-0.1, -0.05) is 6.07 Å². The number of hydrogen-bond acceptors (Lipinski definition) is 5. The predicted octanol–water partition coefficient (Wildman–Crippen LogP) is 2.72. The van der Waals surface area contributed by atoms with Crippen LogP contribution in [0.4, 0.5) is 10.1 Å². The number of nitrogens with one attached hydrogen (secondary N) is 2. The molecule has 0 spiro atoms. The monoisotopic (exact) mass is 392 g/mol. The molecular formula is C19H21FN2O4S. The van der Waals surface area contributed by atoms with Gasteiger partial charge in [0.2, 0.25) is 5.91 Å². The number of ether oxygens (including phenoxy) is 1. The largest absolute Gasteiger partial charge is 0.457 e. The fourth-order valence-corrected chi connectivity index (χ4v) is 4.45. The average Bonchev–Trinajstić information content (AvgIpc) is 2.63. The first-order valence-corrected chi connectivity index (χ1v) is 10.4. The van der Waals surface area contributed by atoms with Gasteiger partial charge in [-0.3, -0.25) is 4.79 Å². The van der Waals surface area contributed by atoms with Crippen molar-refractivity contribution in [3.8, 4) is 11.5 Å². The van der Waals surface area contributed by atoms with Gasteiger partial charge in [0.05, 0.1) is 0 Å². The fourth-order valence-electron chi connectivity index (χ4n) is 3.11. The summed E-state index contributed by atoms with van der Waals surface area (Å²) in [5, 5.41) is 5.78. The zero-order chi connectivity index (χ0) is 19.5. The van der Waals surface area contributed by atoms with Gasteiger partial charge < -0.3 is 15.4 Å². The molecule has 1 aliphatic heterocycles. The topological polar surface area (TPSA) is 84.5 Å². The number of amides is 1. The van der Waals surface area contributed by atoms with Crippen LogP contribution in [-0.2, 0) is 14.6 Å². The Labute approximate surface area is 157 Å². The molecule has 2 N–H and O–H groups in total. The molecule has 0 bridgehead atoms. The lowest BCUT2D eigenvalue weighted by molar-refractivity contribution is -0.119. The van der Waals surface area contributed by atoms with E-state index >= 15 is 0 Å². The molecule has 0 radical (unpaired) electrons. The molecule has 0 saturated carbocycles. The number of anilines is 1. The number of rotatable bonds is 5. The highest BCUT2D eigenvalue weighted by Gasteiger charge is 2.48. The average molecular weight is 392 g/mol. The molecule has 0 unspecified atom stereocenters. The van der Waals surface area contributed by atoms with Gasteiger partial charge >= 0.3 is 0 Å². The highest BCUT2D eigenvalue weighted by molar-refractivity contribution is 7.92. The maximum absolute atomic E-state index is 13.2. The summed E-state index contributed by atoms with van der Waals surface area (Å²) in [7, 11) is -3.57. The lowest BCUT2D eigenvalue weighted by Crippen LogP contribution is -2.55. The van der Waals surface area contributed by atoms with Crippen LogP contribution in [0.25, 0.3) is 0 Å². The van der Waals surface area contributed by atoms with E-state index in [1.54, 1.807) is 36.4 Å². The molecule has 6 nitrogen and oxygen atoms in total. The van der Waals surface area contributed by atoms with Crippen LogP contribution in [0.1, 0.15) is 12.8 Å². The molecule has 0 atom stereocenters. The quantitative estimate of drug-likeness (QED) is 0.817. The van der Waals surface area contributed by atoms with Crippen LogP contribution in [0, 0.1) is 5.82 Å². The van der Waals surface area contributed by atoms with Crippen LogP contribution in [-0.4, -0.2) is 38.4 Å². The molecule has 0 aliphatic carbocycles. The lowest BCUT2D eigenvalue weighted by Gasteiger charge is -2.34. The molecule has 8 heteroatoms. The molecule has 1 heterocycles. The third kappa shape index (κ3) is 4.28. The van der Waals surface area contributed by atoms with E-state index in [0.717, 1.165) is 6.26 Å². The third-order valence-corrected chi connectivity index (χ3v) is 6.69. The normalized spacial score (nSPS) is 16.5. The van der Waals surface area contributed by atoms with Crippen molar-refractivity contribution in [2.75, 3.05) is 24.7 Å². The second kappa shape index (κ2) is 7.66. The zero-order valence-corrected chi connectivity index (χ0v) is 15.7. The summed E-state index contributed by atoms with van der Waals surface area (Å²) in [5.74, 6) is -0.0921. The van der Waals surface area contributed by atoms with Crippen molar-refractivity contribution in [1.82, 2.24) is 5.32 Å². The minimum absolute atomic E-state index is 0.235. The second-order valence-corrected chi connectivity index (χ2v) is 8.88. The van der Waals surface area contributed by atoms with E-state index in [-0.39, 0.29) is 12.8 Å². The molecule has 2 aromatic carbocycles. The Morgan fingerprint density at radius 3 is 2.37 bits per heavy atom. The van der Waals surface area contributed by atoms with Crippen molar-refractivity contribution in [2.45, 2.75) is 17.6 Å². The van der Waals surface area contributed by atoms with Gasteiger partial charge in [0, 0.05) is 18.0 Å². The van der Waals surface area contributed by atoms with Crippen LogP contribution in [0.2, 0.25) is 0 Å². The minimum Gasteiger partial charge on any atom is -0.457 e. The van der Waals surface area contributed by atoms with Crippen molar-refractivity contribution in [2.24, 2.45) is 0 Å². The van der Waals surface area contributed by atoms with Crippen LogP contribution >= 0.6 is 0 Å². The first kappa shape index (κ1) is 19.3. The summed E-state index contributed by atoms with van der Waals surface area (Å²) in [5.41, 5.74) is 0.466. The fraction of sp³-hybridized carbons (Fsp3) is 0.316. The van der Waals surface area contributed by atoms with Crippen LogP contribution in [0.15, 0.2) is 48.5 Å². The van der Waals surface area contributed by atoms with E-state index in [1.165, 1.54) is 12.1 Å². The first-order valence-electron chi connectivity index (χ1n) is 8.55. The maximum Gasteiger partial charge on any atom is 0.245 e. The van der Waals surface area contributed by atoms with Crippen LogP contribution in [0.5, 0.6) is 11.5 Å². The van der Waals surface area contributed by atoms with Crippen LogP contribution < -0.4 is 15.4 Å². The smallest absolute Gasteiger partial charge is 0.245 e. The highest BCUT2D eigenvalue weighted by atomic mass is 32.2. The number of piperidine rings is 1. The Kier molecular flexibility index (Phi) is 5.48. The van der Waals surface area contributed by atoms with E-state index in [0.29, 0.717) is 30.3 Å². The van der Waals surface area contributed by atoms with Crippen molar-refractivity contribution >= 4 is 21.4 Å². The Balaban J connectivity index is 1.73. The van der Waals surface area contributed by atoms with Gasteiger partial charge in [0.1, 0.15) is 17.3 Å². The number of hydrogen-bond donors (Lipinski definition) is 2. The lowest BCUT2D eigenvalue weighted by atomic mass is 9.95. The number of halogens is 1. The third-order valence-electron chi connectivity index (χ3n) is 4.68. The van der Waals surface area contributed by atoms with Gasteiger partial charge in [0.15, 0.2) is 14.6 Å². The predicted molar refractivity (Wildman–Crippen MR) is 101 cm³/mol. The zero-order valence-electron chi connectivity index (χ0n) is 14.9. The molecule has 1 amide bonds. The first-order chi connectivity index (χ1) is 12.8. The molecule has 3 rings (SSSR count). The number of carbonyl (C=O) groups excluding carboxylic acids is 1. The summed E-state index contributed by atoms with van der Waals surface area (Å²) < 4.78 is 41.9. The Bertz CT molecular complexity index is 923. The summed E-state index contributed by atoms with van der Waals surface area (Å²) >= 11 is 0. The molecule has 27 heavy (non-hydrogen) atoms. The van der Waals surface area contributed by atoms with E-state index in [4.69, 9.17) is 4.74 Å². The number of sulfone groups is 1. The number of carbonyl (C=O) groups is 1. The van der Waals surface area contributed by atoms with E-state index in [1.807, 2.05) is 0 Å². The molecule has 0 aromatic heterocycles.